The van der Waals surface area contributed by atoms with Gasteiger partial charge in [-0.25, -0.2) is 0 Å². The van der Waals surface area contributed by atoms with E-state index in [0.717, 1.165) is 37.3 Å². The Kier molecular flexibility index (Phi) is 9.67. The first-order valence-corrected chi connectivity index (χ1v) is 12.6. The van der Waals surface area contributed by atoms with E-state index in [9.17, 15) is 0 Å². The third-order valence-corrected chi connectivity index (χ3v) is 6.84. The van der Waals surface area contributed by atoms with E-state index in [2.05, 4.69) is 72.5 Å². The number of hydrogen-bond acceptors (Lipinski definition) is 4. The summed E-state index contributed by atoms with van der Waals surface area (Å²) in [4.78, 5) is 10.2. The van der Waals surface area contributed by atoms with Crippen LogP contribution in [0.1, 0.15) is 58.1 Å². The second-order valence-electron chi connectivity index (χ2n) is 9.93. The summed E-state index contributed by atoms with van der Waals surface area (Å²) < 4.78 is 5.36. The number of guanidine groups is 1. The lowest BCUT2D eigenvalue weighted by molar-refractivity contribution is 0.125. The van der Waals surface area contributed by atoms with E-state index in [-0.39, 0.29) is 0 Å². The molecule has 1 aromatic rings. The van der Waals surface area contributed by atoms with Crippen LogP contribution in [-0.2, 0) is 0 Å². The molecule has 0 radical (unpaired) electrons. The molecule has 6 heteroatoms. The number of methoxy groups -OCH3 is 1. The van der Waals surface area contributed by atoms with Crippen LogP contribution in [0.4, 0.5) is 0 Å². The summed E-state index contributed by atoms with van der Waals surface area (Å²) in [7, 11) is 3.97. The zero-order chi connectivity index (χ0) is 22.9. The Morgan fingerprint density at radius 2 is 1.84 bits per heavy atom. The molecule has 2 atom stereocenters. The standard InChI is InChI=1S/C26H45N5O/c1-6-27-26(29-23-13-16-31(17-14-23)19-20(2)3)28-18-22-8-7-15-30(4)25(22)21-9-11-24(32-5)12-10-21/h9-12,20,22-23,25H,6-8,13-19H2,1-5H3,(H2,27,28,29). The number of nitrogens with zero attached hydrogens (tertiary/aromatic N) is 3. The predicted molar refractivity (Wildman–Crippen MR) is 135 cm³/mol. The highest BCUT2D eigenvalue weighted by Gasteiger charge is 2.30. The number of ether oxygens (including phenoxy) is 1. The van der Waals surface area contributed by atoms with Crippen LogP contribution in [0, 0.1) is 11.8 Å². The van der Waals surface area contributed by atoms with E-state index in [0.29, 0.717) is 18.0 Å². The lowest BCUT2D eigenvalue weighted by Gasteiger charge is -2.39. The third-order valence-electron chi connectivity index (χ3n) is 6.84. The molecule has 2 unspecified atom stereocenters. The maximum atomic E-state index is 5.36. The van der Waals surface area contributed by atoms with Crippen LogP contribution in [0.3, 0.4) is 0 Å². The molecule has 2 aliphatic heterocycles. The van der Waals surface area contributed by atoms with E-state index in [1.807, 2.05) is 0 Å². The van der Waals surface area contributed by atoms with Crippen molar-refractivity contribution in [2.24, 2.45) is 16.8 Å². The number of likely N-dealkylation sites (tertiary alicyclic amines) is 2. The van der Waals surface area contributed by atoms with Crippen molar-refractivity contribution < 1.29 is 4.74 Å². The summed E-state index contributed by atoms with van der Waals surface area (Å²) in [5, 5.41) is 7.22. The first-order chi connectivity index (χ1) is 15.5. The van der Waals surface area contributed by atoms with Gasteiger partial charge in [-0.15, -0.1) is 0 Å². The molecule has 0 aromatic heterocycles. The van der Waals surface area contributed by atoms with Crippen LogP contribution in [0.5, 0.6) is 5.75 Å². The van der Waals surface area contributed by atoms with Crippen molar-refractivity contribution in [2.45, 2.75) is 58.5 Å². The number of aliphatic imine (C=N–C) groups is 1. The summed E-state index contributed by atoms with van der Waals surface area (Å²) in [5.74, 6) is 3.16. The Bertz CT molecular complexity index is 697. The van der Waals surface area contributed by atoms with E-state index >= 15 is 0 Å². The van der Waals surface area contributed by atoms with Gasteiger partial charge in [0.25, 0.3) is 0 Å². The van der Waals surface area contributed by atoms with Gasteiger partial charge in [0.1, 0.15) is 5.75 Å². The molecule has 32 heavy (non-hydrogen) atoms. The lowest BCUT2D eigenvalue weighted by Crippen LogP contribution is -2.49. The van der Waals surface area contributed by atoms with Gasteiger partial charge in [0, 0.05) is 44.8 Å². The fraction of sp³-hybridized carbons (Fsp3) is 0.731. The van der Waals surface area contributed by atoms with Crippen molar-refractivity contribution in [3.63, 3.8) is 0 Å². The summed E-state index contributed by atoms with van der Waals surface area (Å²) in [6, 6.07) is 9.51. The molecular formula is C26H45N5O. The molecule has 2 aliphatic rings. The molecular weight excluding hydrogens is 398 g/mol. The fourth-order valence-electron chi connectivity index (χ4n) is 5.28. The van der Waals surface area contributed by atoms with Gasteiger partial charge in [0.05, 0.1) is 7.11 Å². The normalized spacial score (nSPS) is 24.0. The Morgan fingerprint density at radius 1 is 1.12 bits per heavy atom. The van der Waals surface area contributed by atoms with Crippen molar-refractivity contribution in [1.82, 2.24) is 20.4 Å². The maximum Gasteiger partial charge on any atom is 0.191 e. The minimum atomic E-state index is 0.403. The summed E-state index contributed by atoms with van der Waals surface area (Å²) in [5.41, 5.74) is 1.36. The molecule has 3 rings (SSSR count). The number of nitrogens with one attached hydrogen (secondary N) is 2. The first kappa shape index (κ1) is 24.8. The Balaban J connectivity index is 1.62. The molecule has 2 fully saturated rings. The van der Waals surface area contributed by atoms with Gasteiger partial charge >= 0.3 is 0 Å². The lowest BCUT2D eigenvalue weighted by atomic mass is 9.85. The molecule has 2 saturated heterocycles. The van der Waals surface area contributed by atoms with Crippen molar-refractivity contribution >= 4 is 5.96 Å². The Hall–Kier alpha value is -1.79. The van der Waals surface area contributed by atoms with Gasteiger partial charge < -0.3 is 20.3 Å². The highest BCUT2D eigenvalue weighted by Crippen LogP contribution is 2.35. The number of piperidine rings is 2. The Morgan fingerprint density at radius 3 is 2.47 bits per heavy atom. The molecule has 2 N–H and O–H groups in total. The average Bonchev–Trinajstić information content (AvgIpc) is 2.79. The predicted octanol–water partition coefficient (Wildman–Crippen LogP) is 3.75. The monoisotopic (exact) mass is 443 g/mol. The van der Waals surface area contributed by atoms with Crippen LogP contribution in [0.2, 0.25) is 0 Å². The topological polar surface area (TPSA) is 52.1 Å². The highest BCUT2D eigenvalue weighted by molar-refractivity contribution is 5.80. The maximum absolute atomic E-state index is 5.36. The molecule has 0 amide bonds. The van der Waals surface area contributed by atoms with Crippen molar-refractivity contribution in [3.05, 3.63) is 29.8 Å². The van der Waals surface area contributed by atoms with E-state index < -0.39 is 0 Å². The van der Waals surface area contributed by atoms with Crippen molar-refractivity contribution in [2.75, 3.05) is 53.4 Å². The van der Waals surface area contributed by atoms with E-state index in [4.69, 9.17) is 9.73 Å². The summed E-state index contributed by atoms with van der Waals surface area (Å²) in [6.45, 7) is 13.2. The van der Waals surface area contributed by atoms with Gasteiger partial charge in [-0.3, -0.25) is 9.89 Å². The molecule has 6 nitrogen and oxygen atoms in total. The first-order valence-electron chi connectivity index (χ1n) is 12.6. The third kappa shape index (κ3) is 7.11. The molecule has 0 spiro atoms. The van der Waals surface area contributed by atoms with Crippen LogP contribution < -0.4 is 15.4 Å². The van der Waals surface area contributed by atoms with Crippen LogP contribution >= 0.6 is 0 Å². The van der Waals surface area contributed by atoms with Gasteiger partial charge in [-0.2, -0.15) is 0 Å². The fourth-order valence-corrected chi connectivity index (χ4v) is 5.28. The number of hydrogen-bond donors (Lipinski definition) is 2. The zero-order valence-electron chi connectivity index (χ0n) is 20.9. The minimum Gasteiger partial charge on any atom is -0.497 e. The largest absolute Gasteiger partial charge is 0.497 e. The second-order valence-corrected chi connectivity index (χ2v) is 9.93. The van der Waals surface area contributed by atoms with Gasteiger partial charge in [-0.05, 0) is 75.7 Å². The van der Waals surface area contributed by atoms with Crippen molar-refractivity contribution in [1.29, 1.82) is 0 Å². The zero-order valence-corrected chi connectivity index (χ0v) is 20.9. The van der Waals surface area contributed by atoms with E-state index in [1.54, 1.807) is 7.11 Å². The second kappa shape index (κ2) is 12.4. The Labute approximate surface area is 195 Å². The smallest absolute Gasteiger partial charge is 0.191 e. The van der Waals surface area contributed by atoms with Crippen LogP contribution in [0.15, 0.2) is 29.3 Å². The highest BCUT2D eigenvalue weighted by atomic mass is 16.5. The molecule has 0 saturated carbocycles. The van der Waals surface area contributed by atoms with Gasteiger partial charge in [0.2, 0.25) is 0 Å². The minimum absolute atomic E-state index is 0.403. The molecule has 2 heterocycles. The average molecular weight is 444 g/mol. The number of benzene rings is 1. The van der Waals surface area contributed by atoms with Crippen LogP contribution in [0.25, 0.3) is 0 Å². The molecule has 0 aliphatic carbocycles. The van der Waals surface area contributed by atoms with Crippen LogP contribution in [-0.4, -0.2) is 75.2 Å². The SMILES string of the molecule is CCNC(=NCC1CCCN(C)C1c1ccc(OC)cc1)NC1CCN(CC(C)C)CC1. The summed E-state index contributed by atoms with van der Waals surface area (Å²) in [6.07, 6.45) is 4.84. The number of rotatable bonds is 8. The quantitative estimate of drug-likeness (QED) is 0.473. The summed E-state index contributed by atoms with van der Waals surface area (Å²) >= 11 is 0. The molecule has 180 valence electrons. The van der Waals surface area contributed by atoms with Crippen molar-refractivity contribution in [3.8, 4) is 5.75 Å². The van der Waals surface area contributed by atoms with Gasteiger partial charge in [-0.1, -0.05) is 26.0 Å². The molecule has 1 aromatic carbocycles. The van der Waals surface area contributed by atoms with E-state index in [1.165, 1.54) is 50.9 Å². The van der Waals surface area contributed by atoms with Gasteiger partial charge in [0.15, 0.2) is 5.96 Å². The molecule has 0 bridgehead atoms.